The molecule has 1 saturated heterocycles. The van der Waals surface area contributed by atoms with Crippen molar-refractivity contribution in [3.63, 3.8) is 0 Å². The van der Waals surface area contributed by atoms with Gasteiger partial charge in [0.1, 0.15) is 24.1 Å². The minimum Gasteiger partial charge on any atom is -0.496 e. The molecule has 0 aliphatic carbocycles. The van der Waals surface area contributed by atoms with Crippen LogP contribution in [0.4, 0.5) is 5.69 Å². The number of aliphatic carboxylic acids is 1. The molecule has 1 atom stereocenters. The van der Waals surface area contributed by atoms with Crippen molar-refractivity contribution in [2.24, 2.45) is 5.73 Å². The minimum atomic E-state index is -1.16. The first-order valence-electron chi connectivity index (χ1n) is 15.6. The van der Waals surface area contributed by atoms with Crippen LogP contribution in [-0.2, 0) is 20.9 Å². The van der Waals surface area contributed by atoms with Crippen molar-refractivity contribution in [2.75, 3.05) is 32.2 Å². The molecule has 3 aromatic carbocycles. The van der Waals surface area contributed by atoms with E-state index in [1.807, 2.05) is 26.0 Å². The van der Waals surface area contributed by atoms with Gasteiger partial charge in [-0.15, -0.1) is 0 Å². The summed E-state index contributed by atoms with van der Waals surface area (Å²) in [5, 5.41) is 17.5. The molecule has 0 spiro atoms. The summed E-state index contributed by atoms with van der Waals surface area (Å²) in [7, 11) is 1.55. The molecule has 49 heavy (non-hydrogen) atoms. The molecule has 4 N–H and O–H groups in total. The summed E-state index contributed by atoms with van der Waals surface area (Å²) in [6, 6.07) is 14.8. The lowest BCUT2D eigenvalue weighted by atomic mass is 9.95. The average Bonchev–Trinajstić information content (AvgIpc) is 3.46. The van der Waals surface area contributed by atoms with E-state index in [0.717, 1.165) is 5.56 Å². The molecule has 2 aliphatic rings. The van der Waals surface area contributed by atoms with Gasteiger partial charge in [0.25, 0.3) is 5.91 Å². The quantitative estimate of drug-likeness (QED) is 0.196. The lowest BCUT2D eigenvalue weighted by Crippen LogP contribution is -2.55. The maximum Gasteiger partial charge on any atom is 0.320 e. The van der Waals surface area contributed by atoms with Crippen molar-refractivity contribution < 1.29 is 33.7 Å². The Morgan fingerprint density at radius 3 is 2.55 bits per heavy atom. The van der Waals surface area contributed by atoms with Gasteiger partial charge in [-0.25, -0.2) is 4.68 Å². The molecule has 14 heteroatoms. The predicted octanol–water partition coefficient (Wildman–Crippen LogP) is 5.80. The van der Waals surface area contributed by atoms with Crippen LogP contribution in [0.5, 0.6) is 11.5 Å². The van der Waals surface area contributed by atoms with Crippen LogP contribution in [0.15, 0.2) is 54.6 Å². The van der Waals surface area contributed by atoms with Crippen LogP contribution in [0.25, 0.3) is 28.1 Å². The van der Waals surface area contributed by atoms with Gasteiger partial charge in [0.15, 0.2) is 5.69 Å². The second kappa shape index (κ2) is 13.7. The molecule has 1 aromatic heterocycles. The third-order valence-electron chi connectivity index (χ3n) is 8.55. The third kappa shape index (κ3) is 6.95. The Balaban J connectivity index is 1.45. The number of nitrogens with one attached hydrogen (secondary N) is 1. The van der Waals surface area contributed by atoms with Crippen molar-refractivity contribution in [3.8, 4) is 39.6 Å². The average molecular weight is 709 g/mol. The Kier molecular flexibility index (Phi) is 9.58. The fraction of sp³-hybridized carbons (Fsp3) is 0.314. The van der Waals surface area contributed by atoms with E-state index >= 15 is 0 Å². The number of hydrogen-bond acceptors (Lipinski definition) is 8. The topological polar surface area (TPSA) is 158 Å². The van der Waals surface area contributed by atoms with Crippen molar-refractivity contribution >= 4 is 46.7 Å². The van der Waals surface area contributed by atoms with Crippen LogP contribution in [0, 0.1) is 0 Å². The van der Waals surface area contributed by atoms with E-state index in [0.29, 0.717) is 75.1 Å². The highest BCUT2D eigenvalue weighted by Crippen LogP contribution is 2.47. The first-order valence-corrected chi connectivity index (χ1v) is 16.3. The molecule has 12 nitrogen and oxygen atoms in total. The van der Waals surface area contributed by atoms with E-state index in [4.69, 9.17) is 53.4 Å². The van der Waals surface area contributed by atoms with Gasteiger partial charge < -0.3 is 35.3 Å². The largest absolute Gasteiger partial charge is 0.496 e. The number of morpholine rings is 1. The fourth-order valence-electron chi connectivity index (χ4n) is 6.05. The number of ether oxygens (including phenoxy) is 3. The molecule has 0 saturated carbocycles. The molecule has 2 amide bonds. The number of halogens is 2. The van der Waals surface area contributed by atoms with Crippen LogP contribution in [0.3, 0.4) is 0 Å². The van der Waals surface area contributed by atoms with Crippen molar-refractivity contribution in [3.05, 3.63) is 75.9 Å². The number of rotatable bonds is 9. The Morgan fingerprint density at radius 2 is 1.86 bits per heavy atom. The Morgan fingerprint density at radius 1 is 1.10 bits per heavy atom. The number of hydrogen-bond donors (Lipinski definition) is 3. The van der Waals surface area contributed by atoms with Crippen LogP contribution < -0.4 is 20.5 Å². The molecule has 2 aliphatic heterocycles. The van der Waals surface area contributed by atoms with Gasteiger partial charge in [0.05, 0.1) is 37.2 Å². The molecule has 0 unspecified atom stereocenters. The van der Waals surface area contributed by atoms with Gasteiger partial charge in [0, 0.05) is 51.5 Å². The van der Waals surface area contributed by atoms with Crippen LogP contribution in [0.2, 0.25) is 10.0 Å². The smallest absolute Gasteiger partial charge is 0.320 e. The summed E-state index contributed by atoms with van der Waals surface area (Å²) in [5.41, 5.74) is 9.61. The SMILES string of the molecule is COc1cc2c(cc1-c1cccc(NC(=O)CC[C@@H](N)C(=O)O)c1)-c1c(c(C(=O)N3CCOCC3(C)C)nn1-c1cc(Cl)cc(Cl)c1)CO2. The Bertz CT molecular complexity index is 1940. The predicted molar refractivity (Wildman–Crippen MR) is 185 cm³/mol. The highest BCUT2D eigenvalue weighted by atomic mass is 35.5. The number of amides is 2. The highest BCUT2D eigenvalue weighted by Gasteiger charge is 2.39. The zero-order valence-electron chi connectivity index (χ0n) is 27.1. The summed E-state index contributed by atoms with van der Waals surface area (Å²) in [6.07, 6.45) is -0.0545. The number of anilines is 1. The van der Waals surface area contributed by atoms with Gasteiger partial charge in [-0.3, -0.25) is 14.4 Å². The molecule has 6 rings (SSSR count). The zero-order chi connectivity index (χ0) is 35.0. The number of carboxylic acids is 1. The number of aromatic nitrogens is 2. The van der Waals surface area contributed by atoms with E-state index in [1.54, 1.807) is 59.2 Å². The summed E-state index contributed by atoms with van der Waals surface area (Å²) < 4.78 is 19.4. The van der Waals surface area contributed by atoms with E-state index < -0.39 is 17.6 Å². The lowest BCUT2D eigenvalue weighted by molar-refractivity contribution is -0.138. The van der Waals surface area contributed by atoms with Gasteiger partial charge in [-0.05, 0) is 62.2 Å². The van der Waals surface area contributed by atoms with Crippen molar-refractivity contribution in [1.29, 1.82) is 0 Å². The second-order valence-electron chi connectivity index (χ2n) is 12.5. The van der Waals surface area contributed by atoms with Crippen LogP contribution in [-0.4, -0.2) is 76.0 Å². The van der Waals surface area contributed by atoms with Crippen molar-refractivity contribution in [2.45, 2.75) is 44.9 Å². The summed E-state index contributed by atoms with van der Waals surface area (Å²) in [5.74, 6) is -0.740. The van der Waals surface area contributed by atoms with E-state index in [-0.39, 0.29) is 37.0 Å². The molecule has 0 radical (unpaired) electrons. The first-order chi connectivity index (χ1) is 23.4. The molecule has 4 aromatic rings. The number of carbonyl (C=O) groups excluding carboxylic acids is 2. The number of methoxy groups -OCH3 is 1. The molecular weight excluding hydrogens is 673 g/mol. The van der Waals surface area contributed by atoms with E-state index in [9.17, 15) is 14.4 Å². The normalized spacial score (nSPS) is 15.4. The number of fused-ring (bicyclic) bond motifs is 3. The summed E-state index contributed by atoms with van der Waals surface area (Å²) in [4.78, 5) is 39.6. The zero-order valence-corrected chi connectivity index (χ0v) is 28.6. The number of carboxylic acid groups (broad SMARTS) is 1. The molecular formula is C35H35Cl2N5O7. The molecule has 1 fully saturated rings. The standard InChI is InChI=1S/C35H35Cl2N5O7/c1-35(2)18-48-10-9-41(35)33(44)31-26-17-49-29-16-28(47-3)24(15-25(29)32(26)42(40-31)23-13-20(36)12-21(37)14-23)19-5-4-6-22(11-19)39-30(43)8-7-27(38)34(45)46/h4-6,11-16,27H,7-10,17-18,38H2,1-3H3,(H,39,43)(H,45,46)/t27-/m1/s1. The number of nitrogens with zero attached hydrogens (tertiary/aromatic N) is 3. The van der Waals surface area contributed by atoms with E-state index in [1.165, 1.54) is 0 Å². The lowest BCUT2D eigenvalue weighted by Gasteiger charge is -2.41. The van der Waals surface area contributed by atoms with Gasteiger partial charge in [-0.2, -0.15) is 5.10 Å². The fourth-order valence-corrected chi connectivity index (χ4v) is 6.57. The van der Waals surface area contributed by atoms with Crippen LogP contribution in [0.1, 0.15) is 42.7 Å². The Labute approximate surface area is 292 Å². The number of benzene rings is 3. The Hall–Kier alpha value is -4.62. The molecule has 0 bridgehead atoms. The van der Waals surface area contributed by atoms with Gasteiger partial charge in [0.2, 0.25) is 5.91 Å². The first kappa shape index (κ1) is 34.3. The number of carbonyl (C=O) groups is 3. The van der Waals surface area contributed by atoms with Gasteiger partial charge >= 0.3 is 5.97 Å². The van der Waals surface area contributed by atoms with Gasteiger partial charge in [-0.1, -0.05) is 35.3 Å². The van der Waals surface area contributed by atoms with Crippen LogP contribution >= 0.6 is 23.2 Å². The second-order valence-corrected chi connectivity index (χ2v) is 13.4. The highest BCUT2D eigenvalue weighted by molar-refractivity contribution is 6.34. The maximum atomic E-state index is 14.2. The third-order valence-corrected chi connectivity index (χ3v) is 8.99. The summed E-state index contributed by atoms with van der Waals surface area (Å²) in [6.45, 7) is 5.21. The van der Waals surface area contributed by atoms with Crippen molar-refractivity contribution in [1.82, 2.24) is 14.7 Å². The minimum absolute atomic E-state index is 0.000875. The molecule has 3 heterocycles. The maximum absolute atomic E-state index is 14.2. The monoisotopic (exact) mass is 707 g/mol. The molecule has 256 valence electrons. The summed E-state index contributed by atoms with van der Waals surface area (Å²) >= 11 is 12.9. The number of nitrogens with two attached hydrogens (primary N) is 1. The van der Waals surface area contributed by atoms with E-state index in [2.05, 4.69) is 5.32 Å².